The molecule has 0 saturated carbocycles. The van der Waals surface area contributed by atoms with Crippen molar-refractivity contribution in [2.75, 3.05) is 6.54 Å². The summed E-state index contributed by atoms with van der Waals surface area (Å²) in [6.07, 6.45) is 0.629. The summed E-state index contributed by atoms with van der Waals surface area (Å²) in [5, 5.41) is 11.4. The van der Waals surface area contributed by atoms with Gasteiger partial charge in [-0.3, -0.25) is 0 Å². The van der Waals surface area contributed by atoms with Crippen molar-refractivity contribution in [2.24, 2.45) is 10.9 Å². The van der Waals surface area contributed by atoms with Crippen LogP contribution in [0.1, 0.15) is 12.8 Å². The number of hydrogen-bond acceptors (Lipinski definition) is 4. The Kier molecular flexibility index (Phi) is 4.10. The lowest BCUT2D eigenvalue weighted by Gasteiger charge is -2.23. The average Bonchev–Trinajstić information content (AvgIpc) is 2.86. The number of rotatable bonds is 3. The van der Waals surface area contributed by atoms with Crippen molar-refractivity contribution in [3.05, 3.63) is 29.6 Å². The maximum Gasteiger partial charge on any atom is 0.249 e. The van der Waals surface area contributed by atoms with Crippen LogP contribution in [-0.4, -0.2) is 36.4 Å². The Hall–Kier alpha value is -1.81. The predicted molar refractivity (Wildman–Crippen MR) is 66.6 cm³/mol. The molecule has 10 heteroatoms. The summed E-state index contributed by atoms with van der Waals surface area (Å²) in [6.45, 7) is -0.0422. The standard InChI is InChI=1S/C11H12F3N3O3S/c12-6-4-7(13)10(8(14)5-6)21(19,20)17-3-1-2-9(17)11(15)16-18/h4-5,9,18H,1-3H2,(H2,15,16). The molecular formula is C11H12F3N3O3S. The fraction of sp³-hybridized carbons (Fsp3) is 0.364. The molecule has 0 radical (unpaired) electrons. The number of nitrogens with zero attached hydrogens (tertiary/aromatic N) is 2. The van der Waals surface area contributed by atoms with E-state index in [-0.39, 0.29) is 30.9 Å². The van der Waals surface area contributed by atoms with Gasteiger partial charge in [-0.25, -0.2) is 21.6 Å². The van der Waals surface area contributed by atoms with Crippen LogP contribution in [0.3, 0.4) is 0 Å². The van der Waals surface area contributed by atoms with Gasteiger partial charge in [-0.15, -0.1) is 0 Å². The Morgan fingerprint density at radius 2 is 1.90 bits per heavy atom. The first-order valence-electron chi connectivity index (χ1n) is 5.93. The van der Waals surface area contributed by atoms with Gasteiger partial charge in [-0.1, -0.05) is 5.16 Å². The summed E-state index contributed by atoms with van der Waals surface area (Å²) in [7, 11) is -4.58. The molecule has 1 aliphatic heterocycles. The maximum absolute atomic E-state index is 13.7. The molecule has 1 unspecified atom stereocenters. The molecule has 0 spiro atoms. The fourth-order valence-corrected chi connectivity index (χ4v) is 4.05. The Balaban J connectivity index is 2.53. The highest BCUT2D eigenvalue weighted by Gasteiger charge is 2.40. The van der Waals surface area contributed by atoms with Crippen LogP contribution in [0.25, 0.3) is 0 Å². The van der Waals surface area contributed by atoms with Crippen molar-refractivity contribution in [1.82, 2.24) is 4.31 Å². The molecule has 116 valence electrons. The number of hydrogen-bond donors (Lipinski definition) is 2. The molecule has 21 heavy (non-hydrogen) atoms. The second-order valence-corrected chi connectivity index (χ2v) is 6.32. The first kappa shape index (κ1) is 15.6. The fourth-order valence-electron chi connectivity index (χ4n) is 2.28. The molecular weight excluding hydrogens is 311 g/mol. The minimum absolute atomic E-state index is 0.0422. The van der Waals surface area contributed by atoms with Crippen LogP contribution < -0.4 is 5.73 Å². The molecule has 1 saturated heterocycles. The van der Waals surface area contributed by atoms with Crippen molar-refractivity contribution in [3.8, 4) is 0 Å². The van der Waals surface area contributed by atoms with E-state index in [9.17, 15) is 21.6 Å². The molecule has 3 N–H and O–H groups in total. The van der Waals surface area contributed by atoms with Gasteiger partial charge in [-0.2, -0.15) is 4.31 Å². The van der Waals surface area contributed by atoms with Gasteiger partial charge in [0, 0.05) is 18.7 Å². The summed E-state index contributed by atoms with van der Waals surface area (Å²) in [6, 6.07) is -0.432. The smallest absolute Gasteiger partial charge is 0.249 e. The molecule has 0 aliphatic carbocycles. The Morgan fingerprint density at radius 3 is 2.43 bits per heavy atom. The second-order valence-electron chi connectivity index (χ2n) is 4.50. The summed E-state index contributed by atoms with van der Waals surface area (Å²) in [5.41, 5.74) is 5.39. The van der Waals surface area contributed by atoms with Gasteiger partial charge in [0.15, 0.2) is 10.7 Å². The molecule has 1 heterocycles. The van der Waals surface area contributed by atoms with Crippen LogP contribution >= 0.6 is 0 Å². The van der Waals surface area contributed by atoms with Crippen LogP contribution in [0.5, 0.6) is 0 Å². The van der Waals surface area contributed by atoms with Gasteiger partial charge in [-0.05, 0) is 12.8 Å². The maximum atomic E-state index is 13.7. The highest BCUT2D eigenvalue weighted by Crippen LogP contribution is 2.29. The average molecular weight is 323 g/mol. The van der Waals surface area contributed by atoms with Crippen LogP contribution in [0.15, 0.2) is 22.2 Å². The van der Waals surface area contributed by atoms with Crippen molar-refractivity contribution in [3.63, 3.8) is 0 Å². The number of halogens is 3. The number of nitrogens with two attached hydrogens (primary N) is 1. The van der Waals surface area contributed by atoms with E-state index in [0.29, 0.717) is 6.42 Å². The van der Waals surface area contributed by atoms with Crippen LogP contribution in [0.2, 0.25) is 0 Å². The molecule has 6 nitrogen and oxygen atoms in total. The third-order valence-electron chi connectivity index (χ3n) is 3.19. The van der Waals surface area contributed by atoms with Gasteiger partial charge in [0.1, 0.15) is 17.5 Å². The minimum Gasteiger partial charge on any atom is -0.409 e. The molecule has 0 aromatic heterocycles. The molecule has 1 aromatic carbocycles. The minimum atomic E-state index is -4.58. The SMILES string of the molecule is NC(=NO)C1CCCN1S(=O)(=O)c1c(F)cc(F)cc1F. The van der Waals surface area contributed by atoms with E-state index >= 15 is 0 Å². The molecule has 0 bridgehead atoms. The molecule has 1 aliphatic rings. The van der Waals surface area contributed by atoms with E-state index in [1.807, 2.05) is 0 Å². The lowest BCUT2D eigenvalue weighted by molar-refractivity contribution is 0.311. The van der Waals surface area contributed by atoms with Crippen molar-refractivity contribution < 1.29 is 26.8 Å². The normalized spacial score (nSPS) is 20.9. The Morgan fingerprint density at radius 1 is 1.33 bits per heavy atom. The van der Waals surface area contributed by atoms with E-state index in [4.69, 9.17) is 10.9 Å². The lowest BCUT2D eigenvalue weighted by atomic mass is 10.2. The number of amidine groups is 1. The second kappa shape index (κ2) is 5.53. The summed E-state index contributed by atoms with van der Waals surface area (Å²) in [4.78, 5) is -1.25. The molecule has 2 rings (SSSR count). The summed E-state index contributed by atoms with van der Waals surface area (Å²) in [5.74, 6) is -4.66. The first-order valence-corrected chi connectivity index (χ1v) is 7.37. The van der Waals surface area contributed by atoms with Gasteiger partial charge >= 0.3 is 0 Å². The largest absolute Gasteiger partial charge is 0.409 e. The third-order valence-corrected chi connectivity index (χ3v) is 5.15. The van der Waals surface area contributed by atoms with Crippen molar-refractivity contribution in [2.45, 2.75) is 23.8 Å². The lowest BCUT2D eigenvalue weighted by Crippen LogP contribution is -2.44. The topological polar surface area (TPSA) is 96.0 Å². The van der Waals surface area contributed by atoms with E-state index in [2.05, 4.69) is 5.16 Å². The van der Waals surface area contributed by atoms with E-state index < -0.39 is 38.4 Å². The number of benzene rings is 1. The Labute approximate surface area is 118 Å². The predicted octanol–water partition coefficient (Wildman–Crippen LogP) is 1.00. The van der Waals surface area contributed by atoms with E-state index in [1.165, 1.54) is 0 Å². The monoisotopic (exact) mass is 323 g/mol. The Bertz CT molecular complexity index is 670. The van der Waals surface area contributed by atoms with E-state index in [0.717, 1.165) is 4.31 Å². The zero-order chi connectivity index (χ0) is 15.8. The summed E-state index contributed by atoms with van der Waals surface area (Å²) < 4.78 is 65.7. The first-order chi connectivity index (χ1) is 9.78. The zero-order valence-electron chi connectivity index (χ0n) is 10.6. The molecule has 1 aromatic rings. The van der Waals surface area contributed by atoms with Gasteiger partial charge < -0.3 is 10.9 Å². The zero-order valence-corrected chi connectivity index (χ0v) is 11.4. The van der Waals surface area contributed by atoms with Crippen LogP contribution in [-0.2, 0) is 10.0 Å². The van der Waals surface area contributed by atoms with Gasteiger partial charge in [0.2, 0.25) is 10.0 Å². The van der Waals surface area contributed by atoms with Crippen molar-refractivity contribution in [1.29, 1.82) is 0 Å². The highest BCUT2D eigenvalue weighted by atomic mass is 32.2. The van der Waals surface area contributed by atoms with E-state index in [1.54, 1.807) is 0 Å². The number of oxime groups is 1. The van der Waals surface area contributed by atoms with Crippen LogP contribution in [0.4, 0.5) is 13.2 Å². The summed E-state index contributed by atoms with van der Waals surface area (Å²) >= 11 is 0. The quantitative estimate of drug-likeness (QED) is 0.375. The van der Waals surface area contributed by atoms with Crippen LogP contribution in [0, 0.1) is 17.5 Å². The molecule has 0 amide bonds. The third kappa shape index (κ3) is 2.68. The van der Waals surface area contributed by atoms with Crippen molar-refractivity contribution >= 4 is 15.9 Å². The highest BCUT2D eigenvalue weighted by molar-refractivity contribution is 7.89. The van der Waals surface area contributed by atoms with Gasteiger partial charge in [0.25, 0.3) is 0 Å². The molecule has 1 atom stereocenters. The molecule has 1 fully saturated rings. The number of sulfonamides is 1. The van der Waals surface area contributed by atoms with Gasteiger partial charge in [0.05, 0.1) is 6.04 Å².